The molecule has 0 bridgehead atoms. The topological polar surface area (TPSA) is 63.0 Å². The first-order valence-electron chi connectivity index (χ1n) is 7.14. The molecule has 1 aromatic rings. The van der Waals surface area contributed by atoms with Crippen LogP contribution in [0.5, 0.6) is 0 Å². The van der Waals surface area contributed by atoms with Crippen LogP contribution in [0.1, 0.15) is 31.3 Å². The van der Waals surface area contributed by atoms with Gasteiger partial charge in [0.05, 0.1) is 18.2 Å². The molecule has 1 fully saturated rings. The average Bonchev–Trinajstić information content (AvgIpc) is 2.82. The number of carbonyl (C=O) groups is 2. The summed E-state index contributed by atoms with van der Waals surface area (Å²) in [5.41, 5.74) is -0.373. The minimum atomic E-state index is -0.373. The van der Waals surface area contributed by atoms with Crippen molar-refractivity contribution in [3.8, 4) is 0 Å². The highest BCUT2D eigenvalue weighted by Crippen LogP contribution is 2.21. The summed E-state index contributed by atoms with van der Waals surface area (Å²) in [6.45, 7) is 6.92. The van der Waals surface area contributed by atoms with Gasteiger partial charge in [0.25, 0.3) is 5.91 Å². The van der Waals surface area contributed by atoms with Gasteiger partial charge in [-0.15, -0.1) is 0 Å². The Hall–Kier alpha value is -1.34. The van der Waals surface area contributed by atoms with Crippen molar-refractivity contribution in [2.75, 3.05) is 26.7 Å². The number of carbonyl (C=O) groups excluding carboxylic acids is 2. The minimum Gasteiger partial charge on any atom is -0.444 e. The first-order chi connectivity index (χ1) is 10.2. The molecule has 6 nitrogen and oxygen atoms in total. The van der Waals surface area contributed by atoms with Crippen LogP contribution in [-0.4, -0.2) is 60.0 Å². The summed E-state index contributed by atoms with van der Waals surface area (Å²) >= 11 is 3.16. The molecule has 122 valence electrons. The van der Waals surface area contributed by atoms with Crippen molar-refractivity contribution in [1.29, 1.82) is 0 Å². The van der Waals surface area contributed by atoms with E-state index in [0.717, 1.165) is 0 Å². The number of hydrogen-bond donors (Lipinski definition) is 0. The Kier molecular flexibility index (Phi) is 4.97. The molecule has 2 amide bonds. The Morgan fingerprint density at radius 2 is 2.14 bits per heavy atom. The number of halogens is 1. The van der Waals surface area contributed by atoms with E-state index in [4.69, 9.17) is 9.15 Å². The van der Waals surface area contributed by atoms with Crippen molar-refractivity contribution in [2.24, 2.45) is 0 Å². The van der Waals surface area contributed by atoms with Crippen LogP contribution in [0, 0.1) is 0 Å². The van der Waals surface area contributed by atoms with Gasteiger partial charge < -0.3 is 19.0 Å². The second kappa shape index (κ2) is 6.42. The molecule has 7 heteroatoms. The minimum absolute atomic E-state index is 0.0138. The smallest absolute Gasteiger partial charge is 0.289 e. The van der Waals surface area contributed by atoms with Crippen molar-refractivity contribution in [3.63, 3.8) is 0 Å². The normalized spacial score (nSPS) is 20.8. The third-order valence-electron chi connectivity index (χ3n) is 3.43. The van der Waals surface area contributed by atoms with E-state index in [0.29, 0.717) is 17.8 Å². The zero-order valence-electron chi connectivity index (χ0n) is 13.3. The van der Waals surface area contributed by atoms with Crippen LogP contribution in [0.4, 0.5) is 0 Å². The summed E-state index contributed by atoms with van der Waals surface area (Å²) in [4.78, 5) is 27.7. The first kappa shape index (κ1) is 17.0. The summed E-state index contributed by atoms with van der Waals surface area (Å²) in [5.74, 6) is -0.206. The largest absolute Gasteiger partial charge is 0.444 e. The highest BCUT2D eigenvalue weighted by Gasteiger charge is 2.34. The lowest BCUT2D eigenvalue weighted by molar-refractivity contribution is -0.158. The lowest BCUT2D eigenvalue weighted by atomic mass is 10.1. The van der Waals surface area contributed by atoms with Crippen LogP contribution >= 0.6 is 15.9 Å². The summed E-state index contributed by atoms with van der Waals surface area (Å²) in [7, 11) is 1.59. The van der Waals surface area contributed by atoms with Crippen LogP contribution in [-0.2, 0) is 9.53 Å². The molecule has 1 unspecified atom stereocenters. The molecule has 0 aliphatic carbocycles. The van der Waals surface area contributed by atoms with E-state index in [9.17, 15) is 9.59 Å². The predicted octanol–water partition coefficient (Wildman–Crippen LogP) is 2.14. The van der Waals surface area contributed by atoms with Crippen molar-refractivity contribution in [2.45, 2.75) is 32.5 Å². The fraction of sp³-hybridized carbons (Fsp3) is 0.600. The fourth-order valence-corrected chi connectivity index (χ4v) is 2.94. The van der Waals surface area contributed by atoms with Crippen LogP contribution in [0.25, 0.3) is 0 Å². The third kappa shape index (κ3) is 4.10. The monoisotopic (exact) mass is 372 g/mol. The van der Waals surface area contributed by atoms with Crippen molar-refractivity contribution in [3.05, 3.63) is 22.6 Å². The van der Waals surface area contributed by atoms with Crippen LogP contribution in [0.2, 0.25) is 0 Å². The standard InChI is InChI=1S/C15H21BrN2O4/c1-10-7-18(9-15(2,3)22-10)13(19)8-17(4)14(20)11-5-6-12(16)21-11/h5-6,10H,7-9H2,1-4H3. The number of morpholine rings is 1. The molecule has 1 aliphatic heterocycles. The zero-order valence-corrected chi connectivity index (χ0v) is 14.8. The highest BCUT2D eigenvalue weighted by molar-refractivity contribution is 9.10. The van der Waals surface area contributed by atoms with E-state index in [2.05, 4.69) is 15.9 Å². The Balaban J connectivity index is 1.97. The number of rotatable bonds is 3. The zero-order chi connectivity index (χ0) is 16.5. The second-order valence-corrected chi connectivity index (χ2v) is 7.01. The Bertz CT molecular complexity index is 570. The van der Waals surface area contributed by atoms with E-state index in [1.54, 1.807) is 24.1 Å². The van der Waals surface area contributed by atoms with Crippen LogP contribution in [0.3, 0.4) is 0 Å². The molecule has 2 heterocycles. The number of hydrogen-bond acceptors (Lipinski definition) is 4. The molecular formula is C15H21BrN2O4. The number of furan rings is 1. The van der Waals surface area contributed by atoms with Gasteiger partial charge in [-0.2, -0.15) is 0 Å². The van der Waals surface area contributed by atoms with Gasteiger partial charge in [-0.05, 0) is 48.8 Å². The summed E-state index contributed by atoms with van der Waals surface area (Å²) in [5, 5.41) is 0. The van der Waals surface area contributed by atoms with Gasteiger partial charge in [-0.1, -0.05) is 0 Å². The maximum atomic E-state index is 12.4. The number of ether oxygens (including phenoxy) is 1. The molecule has 22 heavy (non-hydrogen) atoms. The number of likely N-dealkylation sites (N-methyl/N-ethyl adjacent to an activating group) is 1. The number of nitrogens with zero attached hydrogens (tertiary/aromatic N) is 2. The Labute approximate surface area is 138 Å². The van der Waals surface area contributed by atoms with E-state index in [1.807, 2.05) is 20.8 Å². The predicted molar refractivity (Wildman–Crippen MR) is 84.6 cm³/mol. The third-order valence-corrected chi connectivity index (χ3v) is 3.85. The molecule has 1 aromatic heterocycles. The SMILES string of the molecule is CC1CN(C(=O)CN(C)C(=O)c2ccc(Br)o2)CC(C)(C)O1. The molecule has 2 rings (SSSR count). The van der Waals surface area contributed by atoms with Gasteiger partial charge in [0.2, 0.25) is 5.91 Å². The molecule has 1 aliphatic rings. The van der Waals surface area contributed by atoms with E-state index in [1.165, 1.54) is 4.90 Å². The summed E-state index contributed by atoms with van der Waals surface area (Å²) in [6.07, 6.45) is -0.0188. The Morgan fingerprint density at radius 1 is 1.45 bits per heavy atom. The number of amides is 2. The molecule has 1 saturated heterocycles. The van der Waals surface area contributed by atoms with Gasteiger partial charge in [0.15, 0.2) is 10.4 Å². The molecule has 0 N–H and O–H groups in total. The summed E-state index contributed by atoms with van der Waals surface area (Å²) < 4.78 is 11.5. The van der Waals surface area contributed by atoms with E-state index in [-0.39, 0.29) is 35.8 Å². The van der Waals surface area contributed by atoms with E-state index < -0.39 is 0 Å². The van der Waals surface area contributed by atoms with Gasteiger partial charge in [-0.3, -0.25) is 9.59 Å². The fourth-order valence-electron chi connectivity index (χ4n) is 2.64. The molecule has 1 atom stereocenters. The van der Waals surface area contributed by atoms with Gasteiger partial charge in [0, 0.05) is 20.1 Å². The molecular weight excluding hydrogens is 352 g/mol. The lowest BCUT2D eigenvalue weighted by Gasteiger charge is -2.42. The van der Waals surface area contributed by atoms with Gasteiger partial charge in [-0.25, -0.2) is 0 Å². The first-order valence-corrected chi connectivity index (χ1v) is 7.93. The molecule has 0 spiro atoms. The quantitative estimate of drug-likeness (QED) is 0.815. The van der Waals surface area contributed by atoms with Gasteiger partial charge in [0.1, 0.15) is 0 Å². The van der Waals surface area contributed by atoms with Crippen molar-refractivity contribution < 1.29 is 18.7 Å². The Morgan fingerprint density at radius 3 is 2.68 bits per heavy atom. The van der Waals surface area contributed by atoms with Crippen LogP contribution in [0.15, 0.2) is 21.2 Å². The molecule has 0 radical (unpaired) electrons. The molecule has 0 saturated carbocycles. The van der Waals surface area contributed by atoms with Gasteiger partial charge >= 0.3 is 0 Å². The van der Waals surface area contributed by atoms with Crippen molar-refractivity contribution >= 4 is 27.7 Å². The van der Waals surface area contributed by atoms with Crippen LogP contribution < -0.4 is 0 Å². The molecule has 0 aromatic carbocycles. The maximum Gasteiger partial charge on any atom is 0.289 e. The maximum absolute atomic E-state index is 12.4. The average molecular weight is 373 g/mol. The highest BCUT2D eigenvalue weighted by atomic mass is 79.9. The summed E-state index contributed by atoms with van der Waals surface area (Å²) in [6, 6.07) is 3.22. The van der Waals surface area contributed by atoms with E-state index >= 15 is 0 Å². The van der Waals surface area contributed by atoms with Crippen molar-refractivity contribution in [1.82, 2.24) is 9.80 Å². The second-order valence-electron chi connectivity index (χ2n) is 6.23. The lowest BCUT2D eigenvalue weighted by Crippen LogP contribution is -2.55.